The lowest BCUT2D eigenvalue weighted by atomic mass is 10.1. The molecule has 0 atom stereocenters. The molecular weight excluding hydrogens is 271 g/mol. The monoisotopic (exact) mass is 282 g/mol. The predicted molar refractivity (Wildman–Crippen MR) is 69.7 cm³/mol. The molecule has 1 N–H and O–H groups in total. The van der Waals surface area contributed by atoms with E-state index < -0.39 is 5.82 Å². The first kappa shape index (κ1) is 13.5. The first-order valence-electron chi connectivity index (χ1n) is 5.64. The summed E-state index contributed by atoms with van der Waals surface area (Å²) in [5.74, 6) is -0.146. The molecule has 0 bridgehead atoms. The summed E-state index contributed by atoms with van der Waals surface area (Å²) in [5, 5.41) is 6.39. The summed E-state index contributed by atoms with van der Waals surface area (Å²) in [4.78, 5) is 11.9. The van der Waals surface area contributed by atoms with Crippen LogP contribution in [0.2, 0.25) is 5.02 Å². The van der Waals surface area contributed by atoms with Crippen LogP contribution in [0.1, 0.15) is 17.0 Å². The predicted octanol–water partition coefficient (Wildman–Crippen LogP) is 3.27. The number of nitrogens with zero attached hydrogens (tertiary/aromatic N) is 1. The van der Waals surface area contributed by atoms with Gasteiger partial charge in [0.05, 0.1) is 17.1 Å². The Bertz CT molecular complexity index is 606. The lowest BCUT2D eigenvalue weighted by molar-refractivity contribution is -0.115. The van der Waals surface area contributed by atoms with Gasteiger partial charge in [0, 0.05) is 11.3 Å². The summed E-state index contributed by atoms with van der Waals surface area (Å²) in [5.41, 5.74) is 1.89. The van der Waals surface area contributed by atoms with Crippen LogP contribution in [0.4, 0.5) is 10.1 Å². The number of aryl methyl sites for hydroxylation is 2. The molecule has 0 aliphatic rings. The van der Waals surface area contributed by atoms with Crippen LogP contribution < -0.4 is 5.32 Å². The third-order valence-corrected chi connectivity index (χ3v) is 3.01. The minimum Gasteiger partial charge on any atom is -0.361 e. The highest BCUT2D eigenvalue weighted by atomic mass is 35.5. The topological polar surface area (TPSA) is 55.1 Å². The highest BCUT2D eigenvalue weighted by Crippen LogP contribution is 2.20. The SMILES string of the molecule is Cc1noc(C)c1CC(=O)Nc1ccc(F)c(Cl)c1. The maximum atomic E-state index is 13.0. The second-order valence-corrected chi connectivity index (χ2v) is 4.56. The number of anilines is 1. The normalized spacial score (nSPS) is 10.5. The van der Waals surface area contributed by atoms with Gasteiger partial charge in [0.15, 0.2) is 0 Å². The van der Waals surface area contributed by atoms with E-state index in [9.17, 15) is 9.18 Å². The van der Waals surface area contributed by atoms with E-state index in [1.165, 1.54) is 18.2 Å². The zero-order valence-corrected chi connectivity index (χ0v) is 11.2. The van der Waals surface area contributed by atoms with Crippen LogP contribution in [0.15, 0.2) is 22.7 Å². The molecule has 100 valence electrons. The Hall–Kier alpha value is -1.88. The van der Waals surface area contributed by atoms with Gasteiger partial charge in [-0.2, -0.15) is 0 Å². The molecule has 0 spiro atoms. The summed E-state index contributed by atoms with van der Waals surface area (Å²) in [6.45, 7) is 3.52. The van der Waals surface area contributed by atoms with Gasteiger partial charge >= 0.3 is 0 Å². The highest BCUT2D eigenvalue weighted by Gasteiger charge is 2.13. The average molecular weight is 283 g/mol. The standard InChI is InChI=1S/C13H12ClFN2O2/c1-7-10(8(2)19-17-7)6-13(18)16-9-3-4-12(15)11(14)5-9/h3-5H,6H2,1-2H3,(H,16,18). The second kappa shape index (κ2) is 5.40. The number of hydrogen-bond acceptors (Lipinski definition) is 3. The van der Waals surface area contributed by atoms with E-state index in [-0.39, 0.29) is 17.4 Å². The Balaban J connectivity index is 2.07. The third-order valence-electron chi connectivity index (χ3n) is 2.72. The largest absolute Gasteiger partial charge is 0.361 e. The van der Waals surface area contributed by atoms with Gasteiger partial charge in [-0.15, -0.1) is 0 Å². The lowest BCUT2D eigenvalue weighted by Crippen LogP contribution is -2.15. The number of rotatable bonds is 3. The van der Waals surface area contributed by atoms with E-state index in [4.69, 9.17) is 16.1 Å². The number of hydrogen-bond donors (Lipinski definition) is 1. The van der Waals surface area contributed by atoms with Gasteiger partial charge in [-0.1, -0.05) is 16.8 Å². The van der Waals surface area contributed by atoms with Crippen molar-refractivity contribution < 1.29 is 13.7 Å². The number of carbonyl (C=O) groups excluding carboxylic acids is 1. The lowest BCUT2D eigenvalue weighted by Gasteiger charge is -2.05. The minimum atomic E-state index is -0.523. The number of amides is 1. The number of nitrogens with one attached hydrogen (secondary N) is 1. The van der Waals surface area contributed by atoms with E-state index in [0.29, 0.717) is 17.1 Å². The van der Waals surface area contributed by atoms with Crippen LogP contribution in [0, 0.1) is 19.7 Å². The van der Waals surface area contributed by atoms with Crippen molar-refractivity contribution in [1.82, 2.24) is 5.16 Å². The van der Waals surface area contributed by atoms with E-state index in [0.717, 1.165) is 5.56 Å². The van der Waals surface area contributed by atoms with Gasteiger partial charge < -0.3 is 9.84 Å². The summed E-state index contributed by atoms with van der Waals surface area (Å²) in [6.07, 6.45) is 0.149. The quantitative estimate of drug-likeness (QED) is 0.940. The molecule has 1 amide bonds. The summed E-state index contributed by atoms with van der Waals surface area (Å²) < 4.78 is 18.0. The van der Waals surface area contributed by atoms with Crippen molar-refractivity contribution in [3.8, 4) is 0 Å². The first-order valence-corrected chi connectivity index (χ1v) is 6.02. The van der Waals surface area contributed by atoms with Crippen LogP contribution in [-0.4, -0.2) is 11.1 Å². The fourth-order valence-electron chi connectivity index (χ4n) is 1.69. The fraction of sp³-hybridized carbons (Fsp3) is 0.231. The van der Waals surface area contributed by atoms with Crippen molar-refractivity contribution in [1.29, 1.82) is 0 Å². The van der Waals surface area contributed by atoms with Gasteiger partial charge in [0.1, 0.15) is 11.6 Å². The highest BCUT2D eigenvalue weighted by molar-refractivity contribution is 6.31. The Morgan fingerprint density at radius 3 is 2.79 bits per heavy atom. The summed E-state index contributed by atoms with van der Waals surface area (Å²) in [6, 6.07) is 4.02. The van der Waals surface area contributed by atoms with E-state index in [2.05, 4.69) is 10.5 Å². The first-order chi connectivity index (χ1) is 8.97. The Labute approximate surface area is 114 Å². The maximum absolute atomic E-state index is 13.0. The molecule has 0 saturated carbocycles. The van der Waals surface area contributed by atoms with Gasteiger partial charge in [-0.25, -0.2) is 4.39 Å². The molecule has 0 aliphatic heterocycles. The smallest absolute Gasteiger partial charge is 0.229 e. The fourth-order valence-corrected chi connectivity index (χ4v) is 1.87. The van der Waals surface area contributed by atoms with Crippen molar-refractivity contribution in [2.45, 2.75) is 20.3 Å². The number of benzene rings is 1. The molecule has 0 aliphatic carbocycles. The molecule has 0 saturated heterocycles. The van der Waals surface area contributed by atoms with E-state index in [1.807, 2.05) is 0 Å². The van der Waals surface area contributed by atoms with Crippen molar-refractivity contribution in [3.63, 3.8) is 0 Å². The molecule has 0 fully saturated rings. The van der Waals surface area contributed by atoms with Gasteiger partial charge in [-0.05, 0) is 32.0 Å². The zero-order valence-electron chi connectivity index (χ0n) is 10.5. The number of halogens is 2. The molecule has 0 radical (unpaired) electrons. The Kier molecular flexibility index (Phi) is 3.85. The second-order valence-electron chi connectivity index (χ2n) is 4.16. The van der Waals surface area contributed by atoms with Gasteiger partial charge in [0.2, 0.25) is 5.91 Å². The molecule has 6 heteroatoms. The molecule has 2 aromatic rings. The maximum Gasteiger partial charge on any atom is 0.229 e. The Morgan fingerprint density at radius 1 is 1.47 bits per heavy atom. The molecular formula is C13H12ClFN2O2. The van der Waals surface area contributed by atoms with Crippen LogP contribution in [0.25, 0.3) is 0 Å². The molecule has 1 aromatic carbocycles. The third kappa shape index (κ3) is 3.12. The summed E-state index contributed by atoms with van der Waals surface area (Å²) in [7, 11) is 0. The molecule has 1 heterocycles. The molecule has 1 aromatic heterocycles. The summed E-state index contributed by atoms with van der Waals surface area (Å²) >= 11 is 5.64. The molecule has 4 nitrogen and oxygen atoms in total. The number of aromatic nitrogens is 1. The van der Waals surface area contributed by atoms with E-state index in [1.54, 1.807) is 13.8 Å². The molecule has 19 heavy (non-hydrogen) atoms. The van der Waals surface area contributed by atoms with Crippen molar-refractivity contribution >= 4 is 23.2 Å². The average Bonchev–Trinajstić information content (AvgIpc) is 2.66. The van der Waals surface area contributed by atoms with Gasteiger partial charge in [-0.3, -0.25) is 4.79 Å². The van der Waals surface area contributed by atoms with E-state index >= 15 is 0 Å². The Morgan fingerprint density at radius 2 is 2.21 bits per heavy atom. The number of carbonyl (C=O) groups is 1. The van der Waals surface area contributed by atoms with Crippen LogP contribution in [0.5, 0.6) is 0 Å². The van der Waals surface area contributed by atoms with Crippen molar-refractivity contribution in [3.05, 3.63) is 46.1 Å². The zero-order chi connectivity index (χ0) is 14.0. The van der Waals surface area contributed by atoms with Crippen molar-refractivity contribution in [2.24, 2.45) is 0 Å². The molecule has 2 rings (SSSR count). The van der Waals surface area contributed by atoms with Gasteiger partial charge in [0.25, 0.3) is 0 Å². The van der Waals surface area contributed by atoms with Crippen molar-refractivity contribution in [2.75, 3.05) is 5.32 Å². The van der Waals surface area contributed by atoms with Crippen LogP contribution >= 0.6 is 11.6 Å². The minimum absolute atomic E-state index is 0.0323. The van der Waals surface area contributed by atoms with Crippen LogP contribution in [-0.2, 0) is 11.2 Å². The van der Waals surface area contributed by atoms with Crippen LogP contribution in [0.3, 0.4) is 0 Å². The molecule has 0 unspecified atom stereocenters.